The average molecular weight is 406 g/mol. The monoisotopic (exact) mass is 406 g/mol. The van der Waals surface area contributed by atoms with E-state index in [0.717, 1.165) is 27.4 Å². The van der Waals surface area contributed by atoms with Gasteiger partial charge in [-0.25, -0.2) is 14.4 Å². The highest BCUT2D eigenvalue weighted by Crippen LogP contribution is 2.27. The first-order valence-corrected chi connectivity index (χ1v) is 9.59. The van der Waals surface area contributed by atoms with E-state index in [-0.39, 0.29) is 11.5 Å². The number of nitrogens with zero attached hydrogens (tertiary/aromatic N) is 5. The second-order valence-electron chi connectivity index (χ2n) is 7.01. The number of rotatable bonds is 4. The normalized spacial score (nSPS) is 10.8. The fourth-order valence-corrected chi connectivity index (χ4v) is 3.44. The van der Waals surface area contributed by atoms with Crippen LogP contribution in [-0.2, 0) is 6.54 Å². The number of nitrogens with one attached hydrogen (secondary N) is 1. The van der Waals surface area contributed by atoms with Crippen molar-refractivity contribution >= 4 is 27.6 Å². The summed E-state index contributed by atoms with van der Waals surface area (Å²) >= 11 is 0. The number of benzene rings is 2. The molecule has 31 heavy (non-hydrogen) atoms. The molecule has 0 spiro atoms. The predicted octanol–water partition coefficient (Wildman–Crippen LogP) is 4.86. The molecule has 0 fully saturated rings. The molecule has 7 heteroatoms. The first-order chi connectivity index (χ1) is 15.2. The molecule has 5 aromatic rings. The molecule has 6 nitrogen and oxygen atoms in total. The van der Waals surface area contributed by atoms with Gasteiger partial charge in [-0.15, -0.1) is 0 Å². The maximum Gasteiger partial charge on any atom is 0.191 e. The van der Waals surface area contributed by atoms with Crippen molar-refractivity contribution in [3.8, 4) is 17.3 Å². The van der Waals surface area contributed by atoms with E-state index in [2.05, 4.69) is 31.3 Å². The second-order valence-corrected chi connectivity index (χ2v) is 7.01. The van der Waals surface area contributed by atoms with Crippen LogP contribution in [0.1, 0.15) is 11.1 Å². The largest absolute Gasteiger partial charge is 0.363 e. The van der Waals surface area contributed by atoms with Gasteiger partial charge in [0.15, 0.2) is 11.6 Å². The van der Waals surface area contributed by atoms with Gasteiger partial charge in [-0.2, -0.15) is 5.26 Å². The Balaban J connectivity index is 1.41. The summed E-state index contributed by atoms with van der Waals surface area (Å²) in [5, 5.41) is 13.9. The Labute approximate surface area is 177 Å². The first kappa shape index (κ1) is 18.6. The molecule has 1 N–H and O–H groups in total. The number of nitriles is 1. The molecule has 0 radical (unpaired) electrons. The van der Waals surface area contributed by atoms with E-state index >= 15 is 4.39 Å². The van der Waals surface area contributed by atoms with Crippen LogP contribution in [-0.4, -0.2) is 19.9 Å². The third kappa shape index (κ3) is 3.63. The topological polar surface area (TPSA) is 87.4 Å². The van der Waals surface area contributed by atoms with Gasteiger partial charge in [0.2, 0.25) is 0 Å². The summed E-state index contributed by atoms with van der Waals surface area (Å²) in [6.07, 6.45) is 4.77. The molecule has 0 amide bonds. The summed E-state index contributed by atoms with van der Waals surface area (Å²) in [5.41, 5.74) is 3.89. The van der Waals surface area contributed by atoms with Crippen LogP contribution in [0.15, 0.2) is 73.3 Å². The highest BCUT2D eigenvalue weighted by Gasteiger charge is 2.13. The van der Waals surface area contributed by atoms with Crippen molar-refractivity contribution in [2.24, 2.45) is 0 Å². The molecule has 148 valence electrons. The number of halogens is 1. The summed E-state index contributed by atoms with van der Waals surface area (Å²) in [6.45, 7) is 0.345. The molecule has 0 bridgehead atoms. The van der Waals surface area contributed by atoms with E-state index in [1.165, 1.54) is 6.33 Å². The minimum atomic E-state index is -0.516. The Bertz CT molecular complexity index is 1470. The summed E-state index contributed by atoms with van der Waals surface area (Å²) in [4.78, 5) is 16.9. The van der Waals surface area contributed by atoms with Crippen molar-refractivity contribution in [3.05, 3.63) is 90.3 Å². The molecule has 3 heterocycles. The summed E-state index contributed by atoms with van der Waals surface area (Å²) in [5.74, 6) is -0.394. The van der Waals surface area contributed by atoms with Gasteiger partial charge in [0, 0.05) is 35.3 Å². The van der Waals surface area contributed by atoms with E-state index in [1.54, 1.807) is 30.6 Å². The lowest BCUT2D eigenvalue weighted by Crippen LogP contribution is -2.06. The Morgan fingerprint density at radius 3 is 2.71 bits per heavy atom. The highest BCUT2D eigenvalue weighted by atomic mass is 19.1. The van der Waals surface area contributed by atoms with Crippen molar-refractivity contribution in [2.45, 2.75) is 6.54 Å². The number of anilines is 1. The molecule has 0 aliphatic rings. The van der Waals surface area contributed by atoms with Gasteiger partial charge in [0.25, 0.3) is 0 Å². The molecule has 5 rings (SSSR count). The molecular weight excluding hydrogens is 391 g/mol. The van der Waals surface area contributed by atoms with Crippen molar-refractivity contribution in [3.63, 3.8) is 0 Å². The molecule has 0 unspecified atom stereocenters. The van der Waals surface area contributed by atoms with Crippen molar-refractivity contribution in [2.75, 3.05) is 5.32 Å². The highest BCUT2D eigenvalue weighted by molar-refractivity contribution is 5.84. The van der Waals surface area contributed by atoms with Gasteiger partial charge < -0.3 is 5.32 Å². The minimum Gasteiger partial charge on any atom is -0.363 e. The second kappa shape index (κ2) is 7.76. The SMILES string of the molecule is N#Cc1ccc2cc(CNc3ncnc(-c4ccc5ncccc5c4)c3F)cnc2c1. The van der Waals surface area contributed by atoms with Crippen LogP contribution in [0.25, 0.3) is 33.1 Å². The average Bonchev–Trinajstić information content (AvgIpc) is 2.82. The van der Waals surface area contributed by atoms with Crippen LogP contribution in [0.5, 0.6) is 0 Å². The van der Waals surface area contributed by atoms with Crippen LogP contribution in [0.2, 0.25) is 0 Å². The van der Waals surface area contributed by atoms with Gasteiger partial charge in [-0.05, 0) is 42.0 Å². The molecular formula is C24H15FN6. The van der Waals surface area contributed by atoms with E-state index in [4.69, 9.17) is 5.26 Å². The maximum atomic E-state index is 15.1. The number of hydrogen-bond donors (Lipinski definition) is 1. The first-order valence-electron chi connectivity index (χ1n) is 9.59. The molecule has 0 atom stereocenters. The summed E-state index contributed by atoms with van der Waals surface area (Å²) < 4.78 is 15.1. The third-order valence-electron chi connectivity index (χ3n) is 5.00. The van der Waals surface area contributed by atoms with Crippen LogP contribution in [0, 0.1) is 17.1 Å². The number of hydrogen-bond acceptors (Lipinski definition) is 6. The standard InChI is InChI=1S/C24H15FN6/c25-22-23(19-5-6-20-17(10-19)2-1-7-27-20)30-14-31-24(22)29-13-16-8-18-4-3-15(11-26)9-21(18)28-12-16/h1-10,12,14H,13H2,(H,29,30,31). The van der Waals surface area contributed by atoms with Crippen LogP contribution >= 0.6 is 0 Å². The zero-order valence-corrected chi connectivity index (χ0v) is 16.2. The molecule has 0 saturated carbocycles. The minimum absolute atomic E-state index is 0.121. The van der Waals surface area contributed by atoms with Gasteiger partial charge in [-0.3, -0.25) is 9.97 Å². The van der Waals surface area contributed by atoms with Crippen molar-refractivity contribution < 1.29 is 4.39 Å². The van der Waals surface area contributed by atoms with Crippen molar-refractivity contribution in [1.29, 1.82) is 5.26 Å². The molecule has 3 aromatic heterocycles. The van der Waals surface area contributed by atoms with E-state index < -0.39 is 5.82 Å². The lowest BCUT2D eigenvalue weighted by Gasteiger charge is -2.10. The van der Waals surface area contributed by atoms with Gasteiger partial charge in [0.05, 0.1) is 22.7 Å². The van der Waals surface area contributed by atoms with E-state index in [9.17, 15) is 0 Å². The fourth-order valence-electron chi connectivity index (χ4n) is 3.44. The quantitative estimate of drug-likeness (QED) is 0.458. The Hall–Kier alpha value is -4.44. The lowest BCUT2D eigenvalue weighted by molar-refractivity contribution is 0.621. The van der Waals surface area contributed by atoms with Crippen molar-refractivity contribution in [1.82, 2.24) is 19.9 Å². The zero-order chi connectivity index (χ0) is 21.2. The summed E-state index contributed by atoms with van der Waals surface area (Å²) in [7, 11) is 0. The van der Waals surface area contributed by atoms with Gasteiger partial charge in [-0.1, -0.05) is 18.2 Å². The Kier molecular flexibility index (Phi) is 4.65. The van der Waals surface area contributed by atoms with Crippen LogP contribution in [0.3, 0.4) is 0 Å². The van der Waals surface area contributed by atoms with E-state index in [0.29, 0.717) is 17.7 Å². The predicted molar refractivity (Wildman–Crippen MR) is 117 cm³/mol. The van der Waals surface area contributed by atoms with Crippen LogP contribution in [0.4, 0.5) is 10.2 Å². The lowest BCUT2D eigenvalue weighted by atomic mass is 10.1. The van der Waals surface area contributed by atoms with Crippen LogP contribution < -0.4 is 5.32 Å². The Morgan fingerprint density at radius 2 is 1.81 bits per heavy atom. The number of aromatic nitrogens is 4. The molecule has 2 aromatic carbocycles. The van der Waals surface area contributed by atoms with Gasteiger partial charge >= 0.3 is 0 Å². The zero-order valence-electron chi connectivity index (χ0n) is 16.2. The molecule has 0 saturated heterocycles. The van der Waals surface area contributed by atoms with E-state index in [1.807, 2.05) is 36.4 Å². The van der Waals surface area contributed by atoms with Gasteiger partial charge in [0.1, 0.15) is 12.0 Å². The smallest absolute Gasteiger partial charge is 0.191 e. The Morgan fingerprint density at radius 1 is 0.903 bits per heavy atom. The number of fused-ring (bicyclic) bond motifs is 2. The number of pyridine rings is 2. The molecule has 0 aliphatic carbocycles. The maximum absolute atomic E-state index is 15.1. The summed E-state index contributed by atoms with van der Waals surface area (Å²) in [6, 6.07) is 18.7. The third-order valence-corrected chi connectivity index (χ3v) is 5.00. The fraction of sp³-hybridized carbons (Fsp3) is 0.0417. The molecule has 0 aliphatic heterocycles.